The SMILES string of the molecule is CN=C(NCc1cn2c(C)cccc2n1)Nc1ccc2c(c1)OCCCO2.I. The van der Waals surface area contributed by atoms with Crippen LogP contribution in [-0.4, -0.2) is 35.6 Å². The second kappa shape index (κ2) is 9.13. The number of hydrogen-bond donors (Lipinski definition) is 2. The lowest BCUT2D eigenvalue weighted by Gasteiger charge is -2.13. The molecule has 2 N–H and O–H groups in total. The molecule has 148 valence electrons. The van der Waals surface area contributed by atoms with E-state index >= 15 is 0 Å². The Labute approximate surface area is 181 Å². The maximum atomic E-state index is 5.74. The zero-order valence-corrected chi connectivity index (χ0v) is 18.3. The number of aromatic nitrogens is 2. The first kappa shape index (κ1) is 20.2. The van der Waals surface area contributed by atoms with E-state index in [2.05, 4.69) is 38.0 Å². The Hall–Kier alpha value is -2.49. The molecule has 0 atom stereocenters. The van der Waals surface area contributed by atoms with Crippen LogP contribution in [0.1, 0.15) is 17.8 Å². The van der Waals surface area contributed by atoms with E-state index in [-0.39, 0.29) is 24.0 Å². The molecule has 1 aliphatic rings. The van der Waals surface area contributed by atoms with Crippen LogP contribution >= 0.6 is 24.0 Å². The van der Waals surface area contributed by atoms with Crippen molar-refractivity contribution in [2.75, 3.05) is 25.6 Å². The van der Waals surface area contributed by atoms with Crippen molar-refractivity contribution in [3.05, 3.63) is 54.0 Å². The smallest absolute Gasteiger partial charge is 0.195 e. The number of fused-ring (bicyclic) bond motifs is 2. The molecular weight excluding hydrogens is 469 g/mol. The van der Waals surface area contributed by atoms with Gasteiger partial charge in [-0.25, -0.2) is 4.98 Å². The van der Waals surface area contributed by atoms with Gasteiger partial charge in [0.1, 0.15) is 5.65 Å². The van der Waals surface area contributed by atoms with E-state index < -0.39 is 0 Å². The molecule has 2 aromatic heterocycles. The second-order valence-electron chi connectivity index (χ2n) is 6.39. The van der Waals surface area contributed by atoms with Crippen molar-refractivity contribution in [3.8, 4) is 11.5 Å². The van der Waals surface area contributed by atoms with Crippen LogP contribution in [0.4, 0.5) is 5.69 Å². The average Bonchev–Trinajstić information content (AvgIpc) is 2.96. The number of anilines is 1. The molecule has 0 spiro atoms. The number of imidazole rings is 1. The Morgan fingerprint density at radius 2 is 2.00 bits per heavy atom. The van der Waals surface area contributed by atoms with E-state index in [9.17, 15) is 0 Å². The molecule has 0 fully saturated rings. The topological polar surface area (TPSA) is 72.2 Å². The first-order chi connectivity index (χ1) is 13.2. The van der Waals surface area contributed by atoms with Gasteiger partial charge in [-0.3, -0.25) is 4.99 Å². The largest absolute Gasteiger partial charge is 0.490 e. The molecule has 7 nitrogen and oxygen atoms in total. The predicted octanol–water partition coefficient (Wildman–Crippen LogP) is 3.61. The molecule has 8 heteroatoms. The fraction of sp³-hybridized carbons (Fsp3) is 0.300. The van der Waals surface area contributed by atoms with E-state index in [4.69, 9.17) is 9.47 Å². The van der Waals surface area contributed by atoms with Crippen LogP contribution in [0.25, 0.3) is 5.65 Å². The van der Waals surface area contributed by atoms with Crippen LogP contribution in [0.5, 0.6) is 11.5 Å². The van der Waals surface area contributed by atoms with Crippen molar-refractivity contribution in [1.29, 1.82) is 0 Å². The molecule has 0 bridgehead atoms. The van der Waals surface area contributed by atoms with Crippen LogP contribution in [-0.2, 0) is 6.54 Å². The Morgan fingerprint density at radius 1 is 1.18 bits per heavy atom. The van der Waals surface area contributed by atoms with Gasteiger partial charge < -0.3 is 24.5 Å². The van der Waals surface area contributed by atoms with Gasteiger partial charge in [0.2, 0.25) is 0 Å². The van der Waals surface area contributed by atoms with Gasteiger partial charge in [0, 0.05) is 37.1 Å². The monoisotopic (exact) mass is 493 g/mol. The minimum Gasteiger partial charge on any atom is -0.490 e. The molecule has 3 heterocycles. The number of aryl methyl sites for hydroxylation is 1. The standard InChI is InChI=1S/C20H23N5O2.HI/c1-14-5-3-6-19-23-16(13-25(14)19)12-22-20(21-2)24-15-7-8-17-18(11-15)27-10-4-9-26-17;/h3,5-8,11,13H,4,9-10,12H2,1-2H3,(H2,21,22,24);1H. The maximum absolute atomic E-state index is 5.74. The molecule has 0 saturated heterocycles. The van der Waals surface area contributed by atoms with Crippen molar-refractivity contribution < 1.29 is 9.47 Å². The third-order valence-electron chi connectivity index (χ3n) is 4.42. The minimum absolute atomic E-state index is 0. The normalized spacial score (nSPS) is 13.6. The van der Waals surface area contributed by atoms with E-state index in [1.54, 1.807) is 7.05 Å². The van der Waals surface area contributed by atoms with Crippen molar-refractivity contribution in [1.82, 2.24) is 14.7 Å². The molecule has 0 aliphatic carbocycles. The molecule has 28 heavy (non-hydrogen) atoms. The molecule has 0 radical (unpaired) electrons. The number of ether oxygens (including phenoxy) is 2. The van der Waals surface area contributed by atoms with Crippen molar-refractivity contribution in [2.24, 2.45) is 4.99 Å². The van der Waals surface area contributed by atoms with Crippen molar-refractivity contribution in [2.45, 2.75) is 19.9 Å². The van der Waals surface area contributed by atoms with Crippen LogP contribution in [0.2, 0.25) is 0 Å². The van der Waals surface area contributed by atoms with Gasteiger partial charge >= 0.3 is 0 Å². The molecule has 0 amide bonds. The highest BCUT2D eigenvalue weighted by molar-refractivity contribution is 14.0. The summed E-state index contributed by atoms with van der Waals surface area (Å²) in [7, 11) is 1.74. The number of nitrogens with one attached hydrogen (secondary N) is 2. The van der Waals surface area contributed by atoms with E-state index in [0.29, 0.717) is 25.7 Å². The quantitative estimate of drug-likeness (QED) is 0.332. The number of pyridine rings is 1. The lowest BCUT2D eigenvalue weighted by atomic mass is 10.3. The Balaban J connectivity index is 0.00000225. The fourth-order valence-corrected chi connectivity index (χ4v) is 3.02. The van der Waals surface area contributed by atoms with E-state index in [1.807, 2.05) is 36.5 Å². The Bertz CT molecular complexity index is 986. The summed E-state index contributed by atoms with van der Waals surface area (Å²) >= 11 is 0. The summed E-state index contributed by atoms with van der Waals surface area (Å²) < 4.78 is 13.5. The average molecular weight is 493 g/mol. The van der Waals surface area contributed by atoms with Gasteiger partial charge in [0.25, 0.3) is 0 Å². The molecule has 0 unspecified atom stereocenters. The number of guanidine groups is 1. The van der Waals surface area contributed by atoms with Crippen LogP contribution in [0.15, 0.2) is 47.6 Å². The summed E-state index contributed by atoms with van der Waals surface area (Å²) in [5.41, 5.74) is 3.93. The molecular formula is C20H24IN5O2. The summed E-state index contributed by atoms with van der Waals surface area (Å²) in [4.78, 5) is 8.92. The van der Waals surface area contributed by atoms with Crippen LogP contribution < -0.4 is 20.1 Å². The second-order valence-corrected chi connectivity index (χ2v) is 6.39. The number of nitrogens with zero attached hydrogens (tertiary/aromatic N) is 3. The number of halogens is 1. The van der Waals surface area contributed by atoms with Gasteiger partial charge in [-0.2, -0.15) is 0 Å². The van der Waals surface area contributed by atoms with Gasteiger partial charge in [0.15, 0.2) is 17.5 Å². The van der Waals surface area contributed by atoms with Crippen molar-refractivity contribution in [3.63, 3.8) is 0 Å². The van der Waals surface area contributed by atoms with Gasteiger partial charge in [-0.05, 0) is 31.2 Å². The number of rotatable bonds is 3. The van der Waals surface area contributed by atoms with Crippen LogP contribution in [0.3, 0.4) is 0 Å². The first-order valence-corrected chi connectivity index (χ1v) is 9.04. The number of aliphatic imine (C=N–C) groups is 1. The highest BCUT2D eigenvalue weighted by Crippen LogP contribution is 2.32. The predicted molar refractivity (Wildman–Crippen MR) is 121 cm³/mol. The lowest BCUT2D eigenvalue weighted by molar-refractivity contribution is 0.297. The molecule has 3 aromatic rings. The fourth-order valence-electron chi connectivity index (χ4n) is 3.02. The summed E-state index contributed by atoms with van der Waals surface area (Å²) in [5, 5.41) is 6.58. The number of hydrogen-bond acceptors (Lipinski definition) is 4. The number of benzene rings is 1. The summed E-state index contributed by atoms with van der Waals surface area (Å²) in [6.45, 7) is 3.99. The Kier molecular flexibility index (Phi) is 6.61. The maximum Gasteiger partial charge on any atom is 0.195 e. The highest BCUT2D eigenvalue weighted by Gasteiger charge is 2.11. The summed E-state index contributed by atoms with van der Waals surface area (Å²) in [6.07, 6.45) is 2.93. The minimum atomic E-state index is 0. The van der Waals surface area contributed by atoms with E-state index in [0.717, 1.165) is 40.6 Å². The highest BCUT2D eigenvalue weighted by atomic mass is 127. The Morgan fingerprint density at radius 3 is 2.79 bits per heavy atom. The lowest BCUT2D eigenvalue weighted by Crippen LogP contribution is -2.30. The van der Waals surface area contributed by atoms with E-state index in [1.165, 1.54) is 0 Å². The zero-order chi connectivity index (χ0) is 18.6. The van der Waals surface area contributed by atoms with Gasteiger partial charge in [-0.15, -0.1) is 24.0 Å². The molecule has 0 saturated carbocycles. The molecule has 1 aromatic carbocycles. The van der Waals surface area contributed by atoms with Crippen molar-refractivity contribution >= 4 is 41.3 Å². The zero-order valence-electron chi connectivity index (χ0n) is 15.9. The van der Waals surface area contributed by atoms with Crippen LogP contribution in [0, 0.1) is 6.92 Å². The molecule has 1 aliphatic heterocycles. The van der Waals surface area contributed by atoms with Gasteiger partial charge in [0.05, 0.1) is 25.5 Å². The summed E-state index contributed by atoms with van der Waals surface area (Å²) in [6, 6.07) is 11.9. The summed E-state index contributed by atoms with van der Waals surface area (Å²) in [5.74, 6) is 2.20. The third-order valence-corrected chi connectivity index (χ3v) is 4.42. The first-order valence-electron chi connectivity index (χ1n) is 9.04. The van der Waals surface area contributed by atoms with Gasteiger partial charge in [-0.1, -0.05) is 6.07 Å². The third kappa shape index (κ3) is 4.49. The molecule has 4 rings (SSSR count).